The summed E-state index contributed by atoms with van der Waals surface area (Å²) in [6, 6.07) is 2.75. The van der Waals surface area contributed by atoms with E-state index in [1.165, 1.54) is 17.0 Å². The van der Waals surface area contributed by atoms with Gasteiger partial charge in [-0.25, -0.2) is 0 Å². The number of aliphatic hydroxyl groups excluding tert-OH is 1. The number of ketones is 2. The van der Waals surface area contributed by atoms with Crippen LogP contribution in [0.4, 0.5) is 0 Å². The van der Waals surface area contributed by atoms with Gasteiger partial charge in [-0.1, -0.05) is 23.2 Å². The van der Waals surface area contributed by atoms with E-state index in [-0.39, 0.29) is 58.0 Å². The van der Waals surface area contributed by atoms with E-state index in [4.69, 9.17) is 27.9 Å². The van der Waals surface area contributed by atoms with E-state index >= 15 is 0 Å². The number of carbonyl (C=O) groups excluding carboxylic acids is 3. The normalized spacial score (nSPS) is 14.5. The zero-order chi connectivity index (χ0) is 18.7. The number of Topliss-reactive ketones (excluding diaryl/α,β-unsaturated/α-hetero) is 2. The Hall–Kier alpha value is -2.05. The zero-order valence-electron chi connectivity index (χ0n) is 13.8. The average Bonchev–Trinajstić information content (AvgIpc) is 2.54. The van der Waals surface area contributed by atoms with Gasteiger partial charge in [0.2, 0.25) is 5.78 Å². The molecule has 1 aliphatic carbocycles. The second kappa shape index (κ2) is 7.89. The van der Waals surface area contributed by atoms with Crippen LogP contribution in [0.25, 0.3) is 0 Å². The molecule has 25 heavy (non-hydrogen) atoms. The van der Waals surface area contributed by atoms with Crippen LogP contribution in [0.1, 0.15) is 29.6 Å². The molecule has 8 heteroatoms. The molecule has 0 radical (unpaired) electrons. The number of nitrogens with zero attached hydrogens (tertiary/aromatic N) is 1. The number of likely N-dealkylation sites (N-methyl/N-ethyl adjacent to an activating group) is 1. The van der Waals surface area contributed by atoms with Gasteiger partial charge in [0.15, 0.2) is 18.1 Å². The monoisotopic (exact) mass is 385 g/mol. The first-order chi connectivity index (χ1) is 11.7. The smallest absolute Gasteiger partial charge is 0.259 e. The van der Waals surface area contributed by atoms with Crippen molar-refractivity contribution in [3.63, 3.8) is 0 Å². The Morgan fingerprint density at radius 2 is 1.92 bits per heavy atom. The molecular formula is C17H17Cl2NO5. The lowest BCUT2D eigenvalue weighted by atomic mass is 9.90. The fourth-order valence-electron chi connectivity index (χ4n) is 2.32. The summed E-state index contributed by atoms with van der Waals surface area (Å²) in [6.45, 7) is -0.309. The molecule has 6 nitrogen and oxygen atoms in total. The number of hydrogen-bond donors (Lipinski definition) is 1. The van der Waals surface area contributed by atoms with Crippen LogP contribution >= 0.6 is 23.2 Å². The van der Waals surface area contributed by atoms with Crippen molar-refractivity contribution in [3.05, 3.63) is 39.1 Å². The van der Waals surface area contributed by atoms with Crippen LogP contribution in [0.15, 0.2) is 23.5 Å². The first-order valence-electron chi connectivity index (χ1n) is 7.55. The summed E-state index contributed by atoms with van der Waals surface area (Å²) in [4.78, 5) is 37.6. The van der Waals surface area contributed by atoms with Gasteiger partial charge in [0.25, 0.3) is 5.91 Å². The molecule has 0 aliphatic heterocycles. The van der Waals surface area contributed by atoms with Crippen molar-refractivity contribution < 1.29 is 24.2 Å². The van der Waals surface area contributed by atoms with Crippen LogP contribution in [0.2, 0.25) is 10.0 Å². The number of carbonyl (C=O) groups is 3. The molecule has 0 fully saturated rings. The number of aliphatic hydroxyl groups is 1. The lowest BCUT2D eigenvalue weighted by Gasteiger charge is -2.17. The number of amides is 1. The van der Waals surface area contributed by atoms with Crippen molar-refractivity contribution in [2.75, 3.05) is 20.7 Å². The van der Waals surface area contributed by atoms with Crippen molar-refractivity contribution in [3.8, 4) is 5.75 Å². The molecule has 1 amide bonds. The molecule has 1 aromatic rings. The standard InChI is InChI=1S/C17H17Cl2NO5/c1-20(2)13(23)8-25-17-10(18)7-6-9(15(17)19)16(24)14-11(21)4-3-5-12(14)22/h6-7,21H,3-5,8H2,1-2H3. The Kier molecular flexibility index (Phi) is 6.08. The van der Waals surface area contributed by atoms with Gasteiger partial charge >= 0.3 is 0 Å². The third-order valence-corrected chi connectivity index (χ3v) is 4.42. The molecule has 0 spiro atoms. The van der Waals surface area contributed by atoms with Gasteiger partial charge in [-0.2, -0.15) is 0 Å². The molecule has 0 bridgehead atoms. The molecule has 134 valence electrons. The van der Waals surface area contributed by atoms with Crippen LogP contribution in [0.5, 0.6) is 5.75 Å². The highest BCUT2D eigenvalue weighted by Crippen LogP contribution is 2.37. The average molecular weight is 386 g/mol. The van der Waals surface area contributed by atoms with Gasteiger partial charge < -0.3 is 14.7 Å². The maximum absolute atomic E-state index is 12.7. The summed E-state index contributed by atoms with van der Waals surface area (Å²) in [5.41, 5.74) is -0.277. The van der Waals surface area contributed by atoms with Crippen LogP contribution in [0.3, 0.4) is 0 Å². The van der Waals surface area contributed by atoms with Gasteiger partial charge in [0.05, 0.1) is 10.0 Å². The van der Waals surface area contributed by atoms with Gasteiger partial charge in [0.1, 0.15) is 11.3 Å². The number of halogens is 2. The van der Waals surface area contributed by atoms with Crippen molar-refractivity contribution in [1.82, 2.24) is 4.90 Å². The SMILES string of the molecule is CN(C)C(=O)COc1c(Cl)ccc(C(=O)C2=C(O)CCCC2=O)c1Cl. The summed E-state index contributed by atoms with van der Waals surface area (Å²) in [7, 11) is 3.14. The summed E-state index contributed by atoms with van der Waals surface area (Å²) in [6.07, 6.45) is 0.951. The van der Waals surface area contributed by atoms with E-state index in [0.29, 0.717) is 6.42 Å². The Balaban J connectivity index is 2.37. The van der Waals surface area contributed by atoms with Gasteiger partial charge in [0, 0.05) is 32.5 Å². The third-order valence-electron chi connectivity index (χ3n) is 3.74. The third kappa shape index (κ3) is 4.14. The quantitative estimate of drug-likeness (QED) is 0.621. The van der Waals surface area contributed by atoms with E-state index < -0.39 is 11.6 Å². The second-order valence-corrected chi connectivity index (χ2v) is 6.53. The van der Waals surface area contributed by atoms with Crippen LogP contribution in [-0.4, -0.2) is 48.2 Å². The van der Waals surface area contributed by atoms with Crippen molar-refractivity contribution >= 4 is 40.7 Å². The number of hydrogen-bond acceptors (Lipinski definition) is 5. The minimum atomic E-state index is -0.687. The van der Waals surface area contributed by atoms with Gasteiger partial charge in [-0.3, -0.25) is 14.4 Å². The molecule has 1 N–H and O–H groups in total. The first kappa shape index (κ1) is 19.3. The molecular weight excluding hydrogens is 369 g/mol. The molecule has 1 aromatic carbocycles. The maximum Gasteiger partial charge on any atom is 0.259 e. The largest absolute Gasteiger partial charge is 0.511 e. The van der Waals surface area contributed by atoms with Crippen LogP contribution in [0, 0.1) is 0 Å². The van der Waals surface area contributed by atoms with Crippen molar-refractivity contribution in [2.45, 2.75) is 19.3 Å². The molecule has 0 aromatic heterocycles. The fourth-order valence-corrected chi connectivity index (χ4v) is 2.89. The highest BCUT2D eigenvalue weighted by Gasteiger charge is 2.30. The van der Waals surface area contributed by atoms with Crippen LogP contribution < -0.4 is 4.74 Å². The topological polar surface area (TPSA) is 83.9 Å². The number of allylic oxidation sites excluding steroid dienone is 2. The Labute approximate surface area is 155 Å². The lowest BCUT2D eigenvalue weighted by molar-refractivity contribution is -0.130. The molecule has 2 rings (SSSR count). The zero-order valence-corrected chi connectivity index (χ0v) is 15.3. The van der Waals surface area contributed by atoms with Crippen molar-refractivity contribution in [2.24, 2.45) is 0 Å². The summed E-state index contributed by atoms with van der Waals surface area (Å²) in [5, 5.41) is 9.93. The van der Waals surface area contributed by atoms with E-state index in [1.54, 1.807) is 14.1 Å². The van der Waals surface area contributed by atoms with Crippen LogP contribution in [-0.2, 0) is 9.59 Å². The van der Waals surface area contributed by atoms with E-state index in [9.17, 15) is 19.5 Å². The minimum absolute atomic E-state index is 0.0184. The summed E-state index contributed by atoms with van der Waals surface area (Å²) >= 11 is 12.3. The number of benzene rings is 1. The lowest BCUT2D eigenvalue weighted by Crippen LogP contribution is -2.27. The van der Waals surface area contributed by atoms with E-state index in [0.717, 1.165) is 0 Å². The molecule has 0 saturated carbocycles. The van der Waals surface area contributed by atoms with Gasteiger partial charge in [-0.05, 0) is 18.6 Å². The van der Waals surface area contributed by atoms with E-state index in [2.05, 4.69) is 0 Å². The second-order valence-electron chi connectivity index (χ2n) is 5.74. The van der Waals surface area contributed by atoms with E-state index in [1.807, 2.05) is 0 Å². The number of ether oxygens (including phenoxy) is 1. The predicted molar refractivity (Wildman–Crippen MR) is 93.5 cm³/mol. The highest BCUT2D eigenvalue weighted by atomic mass is 35.5. The maximum atomic E-state index is 12.7. The van der Waals surface area contributed by atoms with Gasteiger partial charge in [-0.15, -0.1) is 0 Å². The minimum Gasteiger partial charge on any atom is -0.511 e. The number of rotatable bonds is 5. The molecule has 1 aliphatic rings. The highest BCUT2D eigenvalue weighted by molar-refractivity contribution is 6.41. The Bertz CT molecular complexity index is 771. The predicted octanol–water partition coefficient (Wildman–Crippen LogP) is 3.21. The molecule has 0 atom stereocenters. The molecule has 0 unspecified atom stereocenters. The molecule has 0 saturated heterocycles. The fraction of sp³-hybridized carbons (Fsp3) is 0.353. The summed E-state index contributed by atoms with van der Waals surface area (Å²) < 4.78 is 5.35. The Morgan fingerprint density at radius 3 is 2.52 bits per heavy atom. The first-order valence-corrected chi connectivity index (χ1v) is 8.30. The summed E-state index contributed by atoms with van der Waals surface area (Å²) in [5.74, 6) is -1.69. The Morgan fingerprint density at radius 1 is 1.24 bits per heavy atom. The van der Waals surface area contributed by atoms with Crippen molar-refractivity contribution in [1.29, 1.82) is 0 Å². The molecule has 0 heterocycles.